The number of carbonyl (C=O) groups is 1. The Labute approximate surface area is 68.1 Å². The van der Waals surface area contributed by atoms with Crippen molar-refractivity contribution in [2.45, 2.75) is 12.6 Å². The van der Waals surface area contributed by atoms with Crippen LogP contribution >= 0.6 is 0 Å². The molecule has 0 aliphatic carbocycles. The average Bonchev–Trinajstić information content (AvgIpc) is 1.96. The SMILES string of the molecule is NCC(=O)CNCCC(F)(F)F. The summed E-state index contributed by atoms with van der Waals surface area (Å²) in [5.41, 5.74) is 4.93. The average molecular weight is 184 g/mol. The van der Waals surface area contributed by atoms with Gasteiger partial charge in [-0.25, -0.2) is 0 Å². The highest BCUT2D eigenvalue weighted by atomic mass is 19.4. The number of nitrogens with one attached hydrogen (secondary N) is 1. The van der Waals surface area contributed by atoms with Crippen LogP contribution in [0.25, 0.3) is 0 Å². The van der Waals surface area contributed by atoms with Crippen molar-refractivity contribution < 1.29 is 18.0 Å². The molecule has 0 spiro atoms. The molecule has 0 amide bonds. The Balaban J connectivity index is 3.28. The minimum Gasteiger partial charge on any atom is -0.324 e. The number of alkyl halides is 3. The van der Waals surface area contributed by atoms with Crippen LogP contribution in [0.3, 0.4) is 0 Å². The quantitative estimate of drug-likeness (QED) is 0.594. The van der Waals surface area contributed by atoms with Crippen LogP contribution in [-0.2, 0) is 4.79 Å². The third kappa shape index (κ3) is 7.49. The Hall–Kier alpha value is -0.620. The van der Waals surface area contributed by atoms with E-state index >= 15 is 0 Å². The Morgan fingerprint density at radius 2 is 2.00 bits per heavy atom. The van der Waals surface area contributed by atoms with Crippen LogP contribution < -0.4 is 11.1 Å². The van der Waals surface area contributed by atoms with Crippen LogP contribution in [0.2, 0.25) is 0 Å². The third-order valence-electron chi connectivity index (χ3n) is 1.14. The zero-order valence-corrected chi connectivity index (χ0v) is 6.45. The highest BCUT2D eigenvalue weighted by molar-refractivity contribution is 5.82. The van der Waals surface area contributed by atoms with Gasteiger partial charge in [-0.2, -0.15) is 13.2 Å². The fourth-order valence-corrected chi connectivity index (χ4v) is 0.530. The summed E-state index contributed by atoms with van der Waals surface area (Å²) in [7, 11) is 0. The molecular formula is C6H11F3N2O. The summed E-state index contributed by atoms with van der Waals surface area (Å²) in [6, 6.07) is 0. The van der Waals surface area contributed by atoms with Gasteiger partial charge >= 0.3 is 6.18 Å². The van der Waals surface area contributed by atoms with Gasteiger partial charge in [-0.05, 0) is 0 Å². The predicted octanol–water partition coefficient (Wildman–Crippen LogP) is 0.0562. The lowest BCUT2D eigenvalue weighted by Crippen LogP contribution is -2.30. The maximum Gasteiger partial charge on any atom is 0.390 e. The molecule has 0 saturated heterocycles. The van der Waals surface area contributed by atoms with Crippen LogP contribution in [0.1, 0.15) is 6.42 Å². The molecule has 0 rings (SSSR count). The summed E-state index contributed by atoms with van der Waals surface area (Å²) in [5, 5.41) is 2.34. The van der Waals surface area contributed by atoms with E-state index in [0.29, 0.717) is 0 Å². The van der Waals surface area contributed by atoms with Gasteiger partial charge in [0, 0.05) is 6.54 Å². The van der Waals surface area contributed by atoms with Crippen molar-refractivity contribution in [1.29, 1.82) is 0 Å². The van der Waals surface area contributed by atoms with Crippen molar-refractivity contribution in [2.24, 2.45) is 5.73 Å². The molecule has 0 saturated carbocycles. The number of hydrogen-bond donors (Lipinski definition) is 2. The maximum atomic E-state index is 11.5. The minimum absolute atomic E-state index is 0.0907. The fraction of sp³-hybridized carbons (Fsp3) is 0.833. The first-order chi connectivity index (χ1) is 5.45. The number of carbonyl (C=O) groups excluding carboxylic acids is 1. The van der Waals surface area contributed by atoms with E-state index < -0.39 is 12.6 Å². The highest BCUT2D eigenvalue weighted by Gasteiger charge is 2.25. The van der Waals surface area contributed by atoms with Gasteiger partial charge in [-0.1, -0.05) is 0 Å². The lowest BCUT2D eigenvalue weighted by atomic mass is 10.3. The summed E-state index contributed by atoms with van der Waals surface area (Å²) in [6.45, 7) is -0.471. The Morgan fingerprint density at radius 1 is 1.42 bits per heavy atom. The first kappa shape index (κ1) is 11.4. The smallest absolute Gasteiger partial charge is 0.324 e. The second kappa shape index (κ2) is 5.10. The molecule has 0 heterocycles. The number of rotatable bonds is 5. The largest absolute Gasteiger partial charge is 0.390 e. The summed E-state index contributed by atoms with van der Waals surface area (Å²) >= 11 is 0. The molecule has 0 unspecified atom stereocenters. The van der Waals surface area contributed by atoms with Crippen molar-refractivity contribution in [3.63, 3.8) is 0 Å². The molecule has 6 heteroatoms. The molecule has 12 heavy (non-hydrogen) atoms. The standard InChI is InChI=1S/C6H11F3N2O/c7-6(8,9)1-2-11-4-5(12)3-10/h11H,1-4,10H2. The van der Waals surface area contributed by atoms with Crippen molar-refractivity contribution in [2.75, 3.05) is 19.6 Å². The minimum atomic E-state index is -4.17. The molecule has 0 bridgehead atoms. The summed E-state index contributed by atoms with van der Waals surface area (Å²) < 4.78 is 34.5. The van der Waals surface area contributed by atoms with Gasteiger partial charge in [0.2, 0.25) is 0 Å². The van der Waals surface area contributed by atoms with E-state index in [2.05, 4.69) is 5.32 Å². The van der Waals surface area contributed by atoms with Gasteiger partial charge in [0.1, 0.15) is 0 Å². The van der Waals surface area contributed by atoms with Gasteiger partial charge in [-0.3, -0.25) is 4.79 Å². The molecule has 72 valence electrons. The summed E-state index contributed by atoms with van der Waals surface area (Å²) in [6.07, 6.45) is -5.09. The van der Waals surface area contributed by atoms with Crippen molar-refractivity contribution in [3.05, 3.63) is 0 Å². The van der Waals surface area contributed by atoms with Crippen molar-refractivity contribution in [1.82, 2.24) is 5.32 Å². The van der Waals surface area contributed by atoms with Crippen LogP contribution in [-0.4, -0.2) is 31.6 Å². The highest BCUT2D eigenvalue weighted by Crippen LogP contribution is 2.17. The normalized spacial score (nSPS) is 11.7. The Kier molecular flexibility index (Phi) is 4.84. The molecule has 0 radical (unpaired) electrons. The number of nitrogens with two attached hydrogens (primary N) is 1. The van der Waals surface area contributed by atoms with Crippen LogP contribution in [0.5, 0.6) is 0 Å². The zero-order chi connectivity index (χ0) is 9.61. The van der Waals surface area contributed by atoms with Gasteiger partial charge in [-0.15, -0.1) is 0 Å². The molecule has 0 aromatic heterocycles. The number of halogens is 3. The van der Waals surface area contributed by atoms with E-state index in [1.54, 1.807) is 0 Å². The van der Waals surface area contributed by atoms with E-state index in [1.807, 2.05) is 0 Å². The fourth-order valence-electron chi connectivity index (χ4n) is 0.530. The van der Waals surface area contributed by atoms with Crippen molar-refractivity contribution >= 4 is 5.78 Å². The lowest BCUT2D eigenvalue weighted by Gasteiger charge is -2.06. The Morgan fingerprint density at radius 3 is 2.42 bits per heavy atom. The van der Waals surface area contributed by atoms with E-state index in [4.69, 9.17) is 5.73 Å². The Bertz CT molecular complexity index is 146. The topological polar surface area (TPSA) is 55.1 Å². The van der Waals surface area contributed by atoms with E-state index in [9.17, 15) is 18.0 Å². The second-order valence-corrected chi connectivity index (χ2v) is 2.28. The molecule has 0 aromatic rings. The van der Waals surface area contributed by atoms with E-state index in [0.717, 1.165) is 0 Å². The molecule has 3 N–H and O–H groups in total. The van der Waals surface area contributed by atoms with Gasteiger partial charge in [0.25, 0.3) is 0 Å². The summed E-state index contributed by atoms with van der Waals surface area (Å²) in [4.78, 5) is 10.5. The predicted molar refractivity (Wildman–Crippen MR) is 37.6 cm³/mol. The molecule has 0 aliphatic rings. The molecule has 0 atom stereocenters. The first-order valence-electron chi connectivity index (χ1n) is 3.45. The number of ketones is 1. The third-order valence-corrected chi connectivity index (χ3v) is 1.14. The van der Waals surface area contributed by atoms with Crippen LogP contribution in [0.4, 0.5) is 13.2 Å². The maximum absolute atomic E-state index is 11.5. The van der Waals surface area contributed by atoms with Crippen molar-refractivity contribution in [3.8, 4) is 0 Å². The van der Waals surface area contributed by atoms with Gasteiger partial charge < -0.3 is 11.1 Å². The molecular weight excluding hydrogens is 173 g/mol. The second-order valence-electron chi connectivity index (χ2n) is 2.28. The van der Waals surface area contributed by atoms with Crippen LogP contribution in [0.15, 0.2) is 0 Å². The molecule has 0 aliphatic heterocycles. The molecule has 3 nitrogen and oxygen atoms in total. The molecule has 0 aromatic carbocycles. The first-order valence-corrected chi connectivity index (χ1v) is 3.45. The lowest BCUT2D eigenvalue weighted by molar-refractivity contribution is -0.134. The van der Waals surface area contributed by atoms with Gasteiger partial charge in [0.05, 0.1) is 19.5 Å². The number of hydrogen-bond acceptors (Lipinski definition) is 3. The van der Waals surface area contributed by atoms with Crippen LogP contribution in [0, 0.1) is 0 Å². The summed E-state index contributed by atoms with van der Waals surface area (Å²) in [5.74, 6) is -0.294. The molecule has 0 fully saturated rings. The van der Waals surface area contributed by atoms with E-state index in [-0.39, 0.29) is 25.4 Å². The zero-order valence-electron chi connectivity index (χ0n) is 6.45. The van der Waals surface area contributed by atoms with E-state index in [1.165, 1.54) is 0 Å². The van der Waals surface area contributed by atoms with Gasteiger partial charge in [0.15, 0.2) is 5.78 Å². The monoisotopic (exact) mass is 184 g/mol. The number of Topliss-reactive ketones (excluding diaryl/α,β-unsaturated/α-hetero) is 1.